The standard InChI is InChI=1S/C5H5ClN2/c6-8-5-1-3-7-4-2-5/h1-4H,(H,7,8). The smallest absolute Gasteiger partial charge is 0.0522 e. The lowest BCUT2D eigenvalue weighted by Crippen LogP contribution is -1.77. The zero-order valence-corrected chi connectivity index (χ0v) is 4.89. The van der Waals surface area contributed by atoms with Crippen LogP contribution in [0.25, 0.3) is 0 Å². The maximum absolute atomic E-state index is 5.25. The third kappa shape index (κ3) is 1.10. The van der Waals surface area contributed by atoms with E-state index in [1.807, 2.05) is 0 Å². The second-order valence-corrected chi connectivity index (χ2v) is 1.52. The van der Waals surface area contributed by atoms with E-state index in [9.17, 15) is 0 Å². The van der Waals surface area contributed by atoms with Gasteiger partial charge in [0, 0.05) is 24.2 Å². The fourth-order valence-electron chi connectivity index (χ4n) is 0.415. The maximum atomic E-state index is 5.25. The third-order valence-corrected chi connectivity index (χ3v) is 1.01. The fraction of sp³-hybridized carbons (Fsp3) is 0. The molecule has 1 aromatic heterocycles. The van der Waals surface area contributed by atoms with Gasteiger partial charge in [0.05, 0.1) is 5.69 Å². The molecule has 42 valence electrons. The first-order valence-corrected chi connectivity index (χ1v) is 2.58. The van der Waals surface area contributed by atoms with Crippen LogP contribution in [0.15, 0.2) is 24.5 Å². The van der Waals surface area contributed by atoms with E-state index >= 15 is 0 Å². The number of anilines is 1. The van der Waals surface area contributed by atoms with Gasteiger partial charge in [-0.1, -0.05) is 0 Å². The van der Waals surface area contributed by atoms with Gasteiger partial charge in [0.2, 0.25) is 0 Å². The lowest BCUT2D eigenvalue weighted by atomic mass is 10.4. The van der Waals surface area contributed by atoms with Crippen LogP contribution in [0.1, 0.15) is 0 Å². The van der Waals surface area contributed by atoms with Crippen molar-refractivity contribution in [2.24, 2.45) is 0 Å². The summed E-state index contributed by atoms with van der Waals surface area (Å²) in [6, 6.07) is 3.57. The average Bonchev–Trinajstić information content (AvgIpc) is 1.90. The van der Waals surface area contributed by atoms with Gasteiger partial charge in [-0.15, -0.1) is 0 Å². The zero-order valence-electron chi connectivity index (χ0n) is 4.13. The molecule has 1 rings (SSSR count). The van der Waals surface area contributed by atoms with E-state index in [1.165, 1.54) is 0 Å². The van der Waals surface area contributed by atoms with E-state index in [0.29, 0.717) is 0 Å². The normalized spacial score (nSPS) is 8.62. The van der Waals surface area contributed by atoms with Crippen LogP contribution >= 0.6 is 11.8 Å². The van der Waals surface area contributed by atoms with Gasteiger partial charge in [0.1, 0.15) is 0 Å². The highest BCUT2D eigenvalue weighted by Gasteiger charge is 1.80. The van der Waals surface area contributed by atoms with Crippen LogP contribution in [0.5, 0.6) is 0 Å². The number of rotatable bonds is 1. The summed E-state index contributed by atoms with van der Waals surface area (Å²) in [5, 5.41) is 0. The number of halogens is 1. The van der Waals surface area contributed by atoms with Crippen molar-refractivity contribution in [2.45, 2.75) is 0 Å². The Kier molecular flexibility index (Phi) is 1.70. The van der Waals surface area contributed by atoms with Gasteiger partial charge in [0.25, 0.3) is 0 Å². The summed E-state index contributed by atoms with van der Waals surface area (Å²) < 4.78 is 0. The fourth-order valence-corrected chi connectivity index (χ4v) is 0.541. The van der Waals surface area contributed by atoms with Gasteiger partial charge in [-0.25, -0.2) is 0 Å². The summed E-state index contributed by atoms with van der Waals surface area (Å²) in [4.78, 5) is 6.25. The second kappa shape index (κ2) is 2.52. The minimum Gasteiger partial charge on any atom is -0.298 e. The first-order valence-electron chi connectivity index (χ1n) is 2.20. The van der Waals surface area contributed by atoms with Crippen LogP contribution in [0.4, 0.5) is 5.69 Å². The highest BCUT2D eigenvalue weighted by atomic mass is 35.5. The van der Waals surface area contributed by atoms with Gasteiger partial charge < -0.3 is 0 Å². The zero-order chi connectivity index (χ0) is 5.82. The Labute approximate surface area is 52.6 Å². The van der Waals surface area contributed by atoms with Crippen LogP contribution in [-0.4, -0.2) is 4.98 Å². The first kappa shape index (κ1) is 5.38. The minimum atomic E-state index is 0.863. The van der Waals surface area contributed by atoms with Crippen molar-refractivity contribution in [3.8, 4) is 0 Å². The Bertz CT molecular complexity index is 152. The molecule has 0 saturated heterocycles. The second-order valence-electron chi connectivity index (χ2n) is 1.33. The van der Waals surface area contributed by atoms with Crippen LogP contribution < -0.4 is 4.84 Å². The number of pyridine rings is 1. The molecule has 0 aliphatic rings. The molecule has 0 spiro atoms. The van der Waals surface area contributed by atoms with Gasteiger partial charge in [-0.05, 0) is 12.1 Å². The summed E-state index contributed by atoms with van der Waals surface area (Å²) in [6.07, 6.45) is 3.34. The van der Waals surface area contributed by atoms with Gasteiger partial charge in [-0.3, -0.25) is 9.82 Å². The molecule has 0 saturated carbocycles. The number of hydrogen-bond acceptors (Lipinski definition) is 2. The third-order valence-electron chi connectivity index (χ3n) is 0.789. The summed E-state index contributed by atoms with van der Waals surface area (Å²) in [7, 11) is 0. The highest BCUT2D eigenvalue weighted by molar-refractivity contribution is 6.23. The van der Waals surface area contributed by atoms with Crippen LogP contribution in [-0.2, 0) is 0 Å². The number of hydrogen-bond donors (Lipinski definition) is 1. The molecule has 0 bridgehead atoms. The van der Waals surface area contributed by atoms with Crippen molar-refractivity contribution in [1.29, 1.82) is 0 Å². The van der Waals surface area contributed by atoms with Crippen molar-refractivity contribution < 1.29 is 0 Å². The van der Waals surface area contributed by atoms with E-state index < -0.39 is 0 Å². The average molecular weight is 129 g/mol. The Morgan fingerprint density at radius 3 is 2.38 bits per heavy atom. The maximum Gasteiger partial charge on any atom is 0.0522 e. The molecule has 1 N–H and O–H groups in total. The Balaban J connectivity index is 2.83. The van der Waals surface area contributed by atoms with Crippen molar-refractivity contribution in [3.05, 3.63) is 24.5 Å². The van der Waals surface area contributed by atoms with E-state index in [2.05, 4.69) is 9.82 Å². The predicted octanol–water partition coefficient (Wildman–Crippen LogP) is 1.65. The largest absolute Gasteiger partial charge is 0.298 e. The number of aromatic nitrogens is 1. The molecule has 0 atom stereocenters. The molecular formula is C5H5ClN2. The molecule has 0 unspecified atom stereocenters. The van der Waals surface area contributed by atoms with Crippen LogP contribution in [0.3, 0.4) is 0 Å². The molecule has 8 heavy (non-hydrogen) atoms. The summed E-state index contributed by atoms with van der Waals surface area (Å²) in [5.74, 6) is 0. The van der Waals surface area contributed by atoms with E-state index in [4.69, 9.17) is 11.8 Å². The van der Waals surface area contributed by atoms with Gasteiger partial charge in [-0.2, -0.15) is 0 Å². The van der Waals surface area contributed by atoms with E-state index in [1.54, 1.807) is 24.5 Å². The Hall–Kier alpha value is -0.760. The summed E-state index contributed by atoms with van der Waals surface area (Å²) in [5.41, 5.74) is 0.863. The van der Waals surface area contributed by atoms with Crippen molar-refractivity contribution in [1.82, 2.24) is 4.98 Å². The minimum absolute atomic E-state index is 0.863. The Morgan fingerprint density at radius 1 is 1.38 bits per heavy atom. The van der Waals surface area contributed by atoms with Crippen molar-refractivity contribution in [2.75, 3.05) is 4.84 Å². The highest BCUT2D eigenvalue weighted by Crippen LogP contribution is 2.02. The number of nitrogens with zero attached hydrogens (tertiary/aromatic N) is 1. The predicted molar refractivity (Wildman–Crippen MR) is 33.7 cm³/mol. The summed E-state index contributed by atoms with van der Waals surface area (Å²) >= 11 is 5.25. The molecule has 3 heteroatoms. The lowest BCUT2D eigenvalue weighted by Gasteiger charge is -1.90. The molecule has 0 radical (unpaired) electrons. The molecule has 0 aliphatic carbocycles. The molecule has 0 aliphatic heterocycles. The molecular weight excluding hydrogens is 124 g/mol. The summed E-state index contributed by atoms with van der Waals surface area (Å²) in [6.45, 7) is 0. The molecule has 1 heterocycles. The van der Waals surface area contributed by atoms with Crippen LogP contribution in [0, 0.1) is 0 Å². The topological polar surface area (TPSA) is 24.9 Å². The first-order chi connectivity index (χ1) is 3.93. The molecule has 0 amide bonds. The SMILES string of the molecule is ClNc1ccncc1. The van der Waals surface area contributed by atoms with Crippen molar-refractivity contribution in [3.63, 3.8) is 0 Å². The van der Waals surface area contributed by atoms with E-state index in [-0.39, 0.29) is 0 Å². The van der Waals surface area contributed by atoms with Crippen molar-refractivity contribution >= 4 is 17.5 Å². The van der Waals surface area contributed by atoms with Crippen LogP contribution in [0.2, 0.25) is 0 Å². The molecule has 2 nitrogen and oxygen atoms in total. The van der Waals surface area contributed by atoms with E-state index in [0.717, 1.165) is 5.69 Å². The van der Waals surface area contributed by atoms with Gasteiger partial charge in [0.15, 0.2) is 0 Å². The molecule has 1 aromatic rings. The quantitative estimate of drug-likeness (QED) is 0.582. The monoisotopic (exact) mass is 128 g/mol. The Morgan fingerprint density at radius 2 is 2.00 bits per heavy atom. The van der Waals surface area contributed by atoms with Gasteiger partial charge >= 0.3 is 0 Å². The number of nitrogens with one attached hydrogen (secondary N) is 1. The molecule has 0 fully saturated rings. The lowest BCUT2D eigenvalue weighted by molar-refractivity contribution is 1.33. The molecule has 0 aromatic carbocycles.